The van der Waals surface area contributed by atoms with Gasteiger partial charge in [-0.05, 0) is 80.1 Å². The van der Waals surface area contributed by atoms with Gasteiger partial charge in [0.05, 0.1) is 13.7 Å². The lowest BCUT2D eigenvalue weighted by Gasteiger charge is -2.30. The van der Waals surface area contributed by atoms with Gasteiger partial charge in [-0.15, -0.1) is 0 Å². The largest absolute Gasteiger partial charge is 0.497 e. The number of anilines is 2. The normalized spacial score (nSPS) is 16.2. The summed E-state index contributed by atoms with van der Waals surface area (Å²) in [5, 5.41) is 6.43. The summed E-state index contributed by atoms with van der Waals surface area (Å²) < 4.78 is 5.32. The van der Waals surface area contributed by atoms with Crippen LogP contribution in [0.3, 0.4) is 0 Å². The molecule has 4 rings (SSSR count). The maximum absolute atomic E-state index is 13.0. The zero-order valence-electron chi connectivity index (χ0n) is 19.1. The van der Waals surface area contributed by atoms with Crippen LogP contribution >= 0.6 is 0 Å². The number of fused-ring (bicyclic) bond motifs is 1. The molecule has 1 aliphatic carbocycles. The quantitative estimate of drug-likeness (QED) is 0.703. The van der Waals surface area contributed by atoms with Gasteiger partial charge in [0, 0.05) is 29.5 Å². The molecule has 6 nitrogen and oxygen atoms in total. The Labute approximate surface area is 190 Å². The first-order chi connectivity index (χ1) is 15.5. The molecule has 2 aliphatic rings. The van der Waals surface area contributed by atoms with E-state index in [-0.39, 0.29) is 18.4 Å². The smallest absolute Gasteiger partial charge is 0.251 e. The molecule has 0 saturated heterocycles. The number of hydrogen-bond donors (Lipinski definition) is 2. The number of methoxy groups -OCH3 is 1. The zero-order chi connectivity index (χ0) is 22.5. The predicted octanol–water partition coefficient (Wildman–Crippen LogP) is 4.46. The van der Waals surface area contributed by atoms with Gasteiger partial charge in [-0.2, -0.15) is 0 Å². The number of carbonyl (C=O) groups is 2. The molecule has 2 amide bonds. The fourth-order valence-electron chi connectivity index (χ4n) is 4.74. The van der Waals surface area contributed by atoms with Gasteiger partial charge in [-0.3, -0.25) is 9.59 Å². The van der Waals surface area contributed by atoms with E-state index in [2.05, 4.69) is 10.6 Å². The van der Waals surface area contributed by atoms with E-state index < -0.39 is 0 Å². The summed E-state index contributed by atoms with van der Waals surface area (Å²) in [7, 11) is 1.66. The Hall–Kier alpha value is -3.02. The molecule has 0 aromatic heterocycles. The monoisotopic (exact) mass is 435 g/mol. The van der Waals surface area contributed by atoms with E-state index in [1.165, 1.54) is 19.3 Å². The van der Waals surface area contributed by atoms with Crippen molar-refractivity contribution in [3.8, 4) is 5.75 Å². The number of nitrogens with zero attached hydrogens (tertiary/aromatic N) is 1. The van der Waals surface area contributed by atoms with Gasteiger partial charge < -0.3 is 20.3 Å². The number of amides is 2. The van der Waals surface area contributed by atoms with Crippen LogP contribution in [0, 0.1) is 6.92 Å². The van der Waals surface area contributed by atoms with Crippen molar-refractivity contribution in [1.29, 1.82) is 0 Å². The maximum atomic E-state index is 13.0. The van der Waals surface area contributed by atoms with Gasteiger partial charge >= 0.3 is 0 Å². The van der Waals surface area contributed by atoms with Crippen LogP contribution in [0.5, 0.6) is 5.75 Å². The van der Waals surface area contributed by atoms with Gasteiger partial charge in [-0.25, -0.2) is 0 Å². The first-order valence-electron chi connectivity index (χ1n) is 11.7. The molecule has 2 aromatic carbocycles. The van der Waals surface area contributed by atoms with Gasteiger partial charge in [0.2, 0.25) is 5.91 Å². The summed E-state index contributed by atoms with van der Waals surface area (Å²) in [6.45, 7) is 2.89. The molecule has 0 atom stereocenters. The Bertz CT molecular complexity index is 982. The summed E-state index contributed by atoms with van der Waals surface area (Å²) >= 11 is 0. The summed E-state index contributed by atoms with van der Waals surface area (Å²) in [5.41, 5.74) is 4.62. The second kappa shape index (κ2) is 10.1. The average Bonchev–Trinajstić information content (AvgIpc) is 2.82. The summed E-state index contributed by atoms with van der Waals surface area (Å²) in [4.78, 5) is 27.4. The van der Waals surface area contributed by atoms with Crippen molar-refractivity contribution in [2.75, 3.05) is 30.4 Å². The highest BCUT2D eigenvalue weighted by Gasteiger charge is 2.23. The fourth-order valence-corrected chi connectivity index (χ4v) is 4.74. The standard InChI is InChI=1S/C26H33N3O3/c1-18-15-20(26(31)28-21-8-4-3-5-9-21)10-12-23(18)27-17-25(30)29-14-6-7-19-16-22(32-2)11-13-24(19)29/h10-13,15-16,21,27H,3-9,14,17H2,1-2H3,(H,28,31). The number of rotatable bonds is 6. The van der Waals surface area contributed by atoms with Crippen LogP contribution in [0.4, 0.5) is 11.4 Å². The van der Waals surface area contributed by atoms with E-state index in [0.717, 1.165) is 60.5 Å². The summed E-state index contributed by atoms with van der Waals surface area (Å²) in [5.74, 6) is 0.844. The van der Waals surface area contributed by atoms with Crippen LogP contribution in [0.2, 0.25) is 0 Å². The molecule has 2 N–H and O–H groups in total. The zero-order valence-corrected chi connectivity index (χ0v) is 19.1. The Morgan fingerprint density at radius 2 is 1.88 bits per heavy atom. The molecule has 1 aliphatic heterocycles. The molecule has 0 unspecified atom stereocenters. The van der Waals surface area contributed by atoms with Gasteiger partial charge in [0.25, 0.3) is 5.91 Å². The molecular formula is C26H33N3O3. The molecule has 32 heavy (non-hydrogen) atoms. The molecule has 0 spiro atoms. The number of aryl methyl sites for hydroxylation is 2. The van der Waals surface area contributed by atoms with Crippen LogP contribution in [0.1, 0.15) is 60.0 Å². The maximum Gasteiger partial charge on any atom is 0.251 e. The molecular weight excluding hydrogens is 402 g/mol. The number of nitrogens with one attached hydrogen (secondary N) is 2. The van der Waals surface area contributed by atoms with Crippen LogP contribution in [-0.4, -0.2) is 38.1 Å². The highest BCUT2D eigenvalue weighted by molar-refractivity contribution is 5.98. The lowest BCUT2D eigenvalue weighted by atomic mass is 9.95. The first kappa shape index (κ1) is 22.2. The Morgan fingerprint density at radius 1 is 1.06 bits per heavy atom. The fraction of sp³-hybridized carbons (Fsp3) is 0.462. The van der Waals surface area contributed by atoms with Crippen LogP contribution in [0.15, 0.2) is 36.4 Å². The van der Waals surface area contributed by atoms with Crippen molar-refractivity contribution in [1.82, 2.24) is 5.32 Å². The van der Waals surface area contributed by atoms with Crippen molar-refractivity contribution in [3.63, 3.8) is 0 Å². The molecule has 170 valence electrons. The highest BCUT2D eigenvalue weighted by Crippen LogP contribution is 2.30. The van der Waals surface area contributed by atoms with E-state index in [1.807, 2.05) is 48.2 Å². The van der Waals surface area contributed by atoms with Gasteiger partial charge in [-0.1, -0.05) is 19.3 Å². The number of benzene rings is 2. The Morgan fingerprint density at radius 3 is 2.62 bits per heavy atom. The predicted molar refractivity (Wildman–Crippen MR) is 128 cm³/mol. The molecule has 1 fully saturated rings. The molecule has 1 saturated carbocycles. The van der Waals surface area contributed by atoms with E-state index in [4.69, 9.17) is 4.74 Å². The SMILES string of the molecule is COc1ccc2c(c1)CCCN2C(=O)CNc1ccc(C(=O)NC2CCCCC2)cc1C. The summed E-state index contributed by atoms with van der Waals surface area (Å²) in [6.07, 6.45) is 7.67. The Balaban J connectivity index is 1.37. The molecule has 0 radical (unpaired) electrons. The van der Waals surface area contributed by atoms with Crippen molar-refractivity contribution >= 4 is 23.2 Å². The topological polar surface area (TPSA) is 70.7 Å². The number of carbonyl (C=O) groups excluding carboxylic acids is 2. The van der Waals surface area contributed by atoms with E-state index in [0.29, 0.717) is 11.6 Å². The van der Waals surface area contributed by atoms with Crippen molar-refractivity contribution in [3.05, 3.63) is 53.1 Å². The highest BCUT2D eigenvalue weighted by atomic mass is 16.5. The minimum atomic E-state index is -0.0111. The molecule has 0 bridgehead atoms. The minimum absolute atomic E-state index is 0.0111. The molecule has 6 heteroatoms. The Kier molecular flexibility index (Phi) is 6.98. The van der Waals surface area contributed by atoms with Crippen molar-refractivity contribution in [2.24, 2.45) is 0 Å². The second-order valence-electron chi connectivity index (χ2n) is 8.84. The first-order valence-corrected chi connectivity index (χ1v) is 11.7. The van der Waals surface area contributed by atoms with Crippen LogP contribution in [-0.2, 0) is 11.2 Å². The molecule has 2 aromatic rings. The lowest BCUT2D eigenvalue weighted by molar-refractivity contribution is -0.117. The second-order valence-corrected chi connectivity index (χ2v) is 8.84. The van der Waals surface area contributed by atoms with Crippen LogP contribution < -0.4 is 20.3 Å². The van der Waals surface area contributed by atoms with Crippen LogP contribution in [0.25, 0.3) is 0 Å². The van der Waals surface area contributed by atoms with E-state index >= 15 is 0 Å². The van der Waals surface area contributed by atoms with Gasteiger partial charge in [0.1, 0.15) is 5.75 Å². The third-order valence-electron chi connectivity index (χ3n) is 6.57. The van der Waals surface area contributed by atoms with Gasteiger partial charge in [0.15, 0.2) is 0 Å². The third-order valence-corrected chi connectivity index (χ3v) is 6.57. The summed E-state index contributed by atoms with van der Waals surface area (Å²) in [6, 6.07) is 11.8. The minimum Gasteiger partial charge on any atom is -0.497 e. The average molecular weight is 436 g/mol. The van der Waals surface area contributed by atoms with E-state index in [9.17, 15) is 9.59 Å². The molecule has 1 heterocycles. The van der Waals surface area contributed by atoms with Crippen molar-refractivity contribution in [2.45, 2.75) is 57.9 Å². The van der Waals surface area contributed by atoms with Crippen molar-refractivity contribution < 1.29 is 14.3 Å². The van der Waals surface area contributed by atoms with E-state index in [1.54, 1.807) is 7.11 Å². The lowest BCUT2D eigenvalue weighted by Crippen LogP contribution is -2.39. The number of ether oxygens (including phenoxy) is 1. The number of hydrogen-bond acceptors (Lipinski definition) is 4. The third kappa shape index (κ3) is 5.06.